The fourth-order valence-electron chi connectivity index (χ4n) is 4.19. The number of thioether (sulfide) groups is 1. The van der Waals surface area contributed by atoms with Gasteiger partial charge in [0.2, 0.25) is 5.36 Å². The first-order valence-corrected chi connectivity index (χ1v) is 13.1. The number of anilines is 1. The second kappa shape index (κ2) is 10.0. The minimum Gasteiger partial charge on any atom is -0.874 e. The highest BCUT2D eigenvalue weighted by atomic mass is 32.2. The topological polar surface area (TPSA) is 95.0 Å². The first-order valence-electron chi connectivity index (χ1n) is 11.3. The lowest BCUT2D eigenvalue weighted by Crippen LogP contribution is -2.40. The number of thiazole rings is 1. The number of pyridine rings is 1. The number of morpholine rings is 2. The molecule has 5 heterocycles. The van der Waals surface area contributed by atoms with Crippen LogP contribution in [0.4, 0.5) is 5.82 Å². The van der Waals surface area contributed by atoms with Gasteiger partial charge in [-0.25, -0.2) is 14.5 Å². The maximum absolute atomic E-state index is 13.1. The van der Waals surface area contributed by atoms with Gasteiger partial charge in [-0.1, -0.05) is 17.5 Å². The van der Waals surface area contributed by atoms with Crippen LogP contribution in [0.5, 0.6) is 0 Å². The summed E-state index contributed by atoms with van der Waals surface area (Å²) >= 11 is 2.53. The molecule has 11 heteroatoms. The number of ether oxygens (including phenoxy) is 2. The summed E-state index contributed by atoms with van der Waals surface area (Å²) in [7, 11) is 0. The van der Waals surface area contributed by atoms with Crippen molar-refractivity contribution in [2.45, 2.75) is 19.0 Å². The molecule has 0 saturated carbocycles. The third-order valence-corrected chi connectivity index (χ3v) is 7.89. The lowest BCUT2D eigenvalue weighted by atomic mass is 10.3. The van der Waals surface area contributed by atoms with Crippen LogP contribution in [0.25, 0.3) is 10.6 Å². The number of aryl methyl sites for hydroxylation is 2. The van der Waals surface area contributed by atoms with E-state index in [9.17, 15) is 9.90 Å². The molecule has 34 heavy (non-hydrogen) atoms. The highest BCUT2D eigenvalue weighted by Gasteiger charge is 2.16. The zero-order valence-corrected chi connectivity index (χ0v) is 20.9. The molecule has 9 nitrogen and oxygen atoms in total. The molecule has 0 unspecified atom stereocenters. The molecule has 3 aromatic heterocycles. The molecule has 0 N–H and O–H groups in total. The van der Waals surface area contributed by atoms with E-state index in [2.05, 4.69) is 19.4 Å². The van der Waals surface area contributed by atoms with Crippen molar-refractivity contribution < 1.29 is 14.6 Å². The van der Waals surface area contributed by atoms with E-state index in [0.717, 1.165) is 53.6 Å². The predicted octanol–water partition coefficient (Wildman–Crippen LogP) is -0.613. The summed E-state index contributed by atoms with van der Waals surface area (Å²) in [6.45, 7) is 9.75. The Hall–Kier alpha value is -2.47. The van der Waals surface area contributed by atoms with Crippen LogP contribution in [0.3, 0.4) is 0 Å². The van der Waals surface area contributed by atoms with Gasteiger partial charge in [0.15, 0.2) is 18.2 Å². The van der Waals surface area contributed by atoms with Crippen LogP contribution >= 0.6 is 23.1 Å². The van der Waals surface area contributed by atoms with Crippen LogP contribution in [0, 0.1) is 13.8 Å². The summed E-state index contributed by atoms with van der Waals surface area (Å²) < 4.78 is 15.0. The highest BCUT2D eigenvalue weighted by molar-refractivity contribution is 7.99. The minimum atomic E-state index is -0.254. The summed E-state index contributed by atoms with van der Waals surface area (Å²) in [6, 6.07) is 5.94. The van der Waals surface area contributed by atoms with Gasteiger partial charge in [-0.15, -0.1) is 11.3 Å². The summed E-state index contributed by atoms with van der Waals surface area (Å²) in [5.74, 6) is 0.761. The maximum Gasteiger partial charge on any atom is 0.272 e. The normalized spacial score (nSPS) is 17.9. The Morgan fingerprint density at radius 2 is 1.85 bits per heavy atom. The summed E-state index contributed by atoms with van der Waals surface area (Å²) in [5, 5.41) is 14.6. The van der Waals surface area contributed by atoms with Gasteiger partial charge >= 0.3 is 0 Å². The molecule has 0 bridgehead atoms. The van der Waals surface area contributed by atoms with Crippen LogP contribution in [0.2, 0.25) is 0 Å². The second-order valence-electron chi connectivity index (χ2n) is 8.33. The van der Waals surface area contributed by atoms with E-state index in [-0.39, 0.29) is 21.6 Å². The molecule has 0 amide bonds. The average Bonchev–Trinajstić information content (AvgIpc) is 3.20. The summed E-state index contributed by atoms with van der Waals surface area (Å²) in [5.41, 5.74) is 1.42. The Morgan fingerprint density at radius 3 is 2.62 bits per heavy atom. The Labute approximate surface area is 205 Å². The minimum absolute atomic E-state index is 0.115. The third kappa shape index (κ3) is 4.83. The molecule has 0 aromatic carbocycles. The van der Waals surface area contributed by atoms with Crippen LogP contribution in [0.1, 0.15) is 11.4 Å². The Bertz CT molecular complexity index is 1390. The third-order valence-electron chi connectivity index (χ3n) is 5.92. The SMILES string of the molecule is Cc1cc(N2CCOCC2)nc(SCC([O-])=c2sc3cc(=[N+]4CCOCC4)cc(C)n3c2=O)n1. The van der Waals surface area contributed by atoms with Gasteiger partial charge in [0.25, 0.3) is 5.56 Å². The summed E-state index contributed by atoms with van der Waals surface area (Å²) in [4.78, 5) is 25.1. The number of fused-ring (bicyclic) bond motifs is 1. The van der Waals surface area contributed by atoms with Crippen LogP contribution in [-0.2, 0) is 9.47 Å². The van der Waals surface area contributed by atoms with Crippen molar-refractivity contribution in [1.29, 1.82) is 0 Å². The van der Waals surface area contributed by atoms with Gasteiger partial charge in [-0.05, 0) is 13.8 Å². The number of hydrogen-bond acceptors (Lipinski definition) is 9. The van der Waals surface area contributed by atoms with E-state index in [1.54, 1.807) is 4.40 Å². The van der Waals surface area contributed by atoms with Gasteiger partial charge in [-0.2, -0.15) is 0 Å². The average molecular weight is 502 g/mol. The van der Waals surface area contributed by atoms with E-state index in [0.29, 0.717) is 31.6 Å². The molecule has 2 fully saturated rings. The van der Waals surface area contributed by atoms with Crippen molar-refractivity contribution in [1.82, 2.24) is 18.9 Å². The number of hydrogen-bond donors (Lipinski definition) is 0. The molecular weight excluding hydrogens is 474 g/mol. The van der Waals surface area contributed by atoms with Crippen LogP contribution < -0.4 is 30.0 Å². The number of rotatable bonds is 4. The quantitative estimate of drug-likeness (QED) is 0.265. The standard InChI is InChI=1S/C23H27N5O4S2/c1-15-11-19(27-5-9-32-10-6-27)25-23(24-15)33-14-18(29)21-22(30)28-16(2)12-17(13-20(28)34-21)26-3-7-31-8-4-26/h11-13H,3-10,14H2,1-2H3. The van der Waals surface area contributed by atoms with E-state index in [1.807, 2.05) is 32.0 Å². The molecule has 0 atom stereocenters. The van der Waals surface area contributed by atoms with Crippen LogP contribution in [0.15, 0.2) is 28.2 Å². The largest absolute Gasteiger partial charge is 0.874 e. The highest BCUT2D eigenvalue weighted by Crippen LogP contribution is 2.21. The molecule has 5 rings (SSSR count). The zero-order valence-electron chi connectivity index (χ0n) is 19.3. The Balaban J connectivity index is 1.44. The number of aromatic nitrogens is 3. The second-order valence-corrected chi connectivity index (χ2v) is 10.3. The molecule has 0 radical (unpaired) electrons. The maximum atomic E-state index is 13.1. The van der Waals surface area contributed by atoms with Crippen molar-refractivity contribution in [2.75, 3.05) is 63.3 Å². The fourth-order valence-corrected chi connectivity index (χ4v) is 6.12. The van der Waals surface area contributed by atoms with Gasteiger partial charge in [0, 0.05) is 48.4 Å². The van der Waals surface area contributed by atoms with Gasteiger partial charge < -0.3 is 19.5 Å². The van der Waals surface area contributed by atoms with E-state index < -0.39 is 0 Å². The lowest BCUT2D eigenvalue weighted by Gasteiger charge is -2.28. The molecule has 3 aromatic rings. The Kier molecular flexibility index (Phi) is 6.87. The molecule has 0 aliphatic carbocycles. The van der Waals surface area contributed by atoms with Crippen molar-refractivity contribution in [3.63, 3.8) is 0 Å². The first kappa shape index (κ1) is 23.3. The Morgan fingerprint density at radius 1 is 1.12 bits per heavy atom. The van der Waals surface area contributed by atoms with Crippen molar-refractivity contribution in [2.24, 2.45) is 0 Å². The van der Waals surface area contributed by atoms with E-state index in [4.69, 9.17) is 9.47 Å². The molecule has 0 spiro atoms. The van der Waals surface area contributed by atoms with Crippen molar-refractivity contribution >= 4 is 39.5 Å². The molecule has 2 aliphatic rings. The van der Waals surface area contributed by atoms with Gasteiger partial charge in [0.05, 0.1) is 17.7 Å². The van der Waals surface area contributed by atoms with Crippen molar-refractivity contribution in [3.05, 3.63) is 49.8 Å². The molecular formula is C23H27N5O4S2. The first-order chi connectivity index (χ1) is 16.5. The molecule has 2 saturated heterocycles. The number of nitrogens with zero attached hydrogens (tertiary/aromatic N) is 5. The zero-order chi connectivity index (χ0) is 23.7. The monoisotopic (exact) mass is 501 g/mol. The fraction of sp³-hybridized carbons (Fsp3) is 0.478. The van der Waals surface area contributed by atoms with Gasteiger partial charge in [0.1, 0.15) is 23.9 Å². The van der Waals surface area contributed by atoms with Gasteiger partial charge in [-0.3, -0.25) is 9.20 Å². The molecule has 2 aliphatic heterocycles. The summed E-state index contributed by atoms with van der Waals surface area (Å²) in [6.07, 6.45) is 0. The smallest absolute Gasteiger partial charge is 0.272 e. The van der Waals surface area contributed by atoms with Crippen LogP contribution in [-0.4, -0.2) is 72.7 Å². The lowest BCUT2D eigenvalue weighted by molar-refractivity contribution is -0.247. The predicted molar refractivity (Wildman–Crippen MR) is 131 cm³/mol. The van der Waals surface area contributed by atoms with Crippen molar-refractivity contribution in [3.8, 4) is 0 Å². The van der Waals surface area contributed by atoms with E-state index in [1.165, 1.54) is 23.1 Å². The van der Waals surface area contributed by atoms with E-state index >= 15 is 0 Å². The molecule has 180 valence electrons.